The monoisotopic (exact) mass is 254 g/mol. The van der Waals surface area contributed by atoms with Gasteiger partial charge in [-0.15, -0.1) is 11.6 Å². The standard InChI is InChI=1S/C14H19ClO2/c1-14(2)8-11(14)13(15)10-7-9(16-3)5-6-12(10)17-4/h5-7,11,13H,8H2,1-4H3. The highest BCUT2D eigenvalue weighted by Gasteiger charge is 2.50. The quantitative estimate of drug-likeness (QED) is 0.756. The van der Waals surface area contributed by atoms with Gasteiger partial charge >= 0.3 is 0 Å². The van der Waals surface area contributed by atoms with Crippen LogP contribution in [0.5, 0.6) is 11.5 Å². The molecular weight excluding hydrogens is 236 g/mol. The number of rotatable bonds is 4. The molecule has 2 unspecified atom stereocenters. The van der Waals surface area contributed by atoms with Crippen LogP contribution in [0.3, 0.4) is 0 Å². The summed E-state index contributed by atoms with van der Waals surface area (Å²) in [5.74, 6) is 2.18. The summed E-state index contributed by atoms with van der Waals surface area (Å²) < 4.78 is 10.6. The molecule has 1 aliphatic rings. The zero-order chi connectivity index (χ0) is 12.6. The minimum atomic E-state index is -0.00458. The Kier molecular flexibility index (Phi) is 3.26. The van der Waals surface area contributed by atoms with Gasteiger partial charge in [0.25, 0.3) is 0 Å². The summed E-state index contributed by atoms with van der Waals surface area (Å²) >= 11 is 6.57. The van der Waals surface area contributed by atoms with Gasteiger partial charge in [0, 0.05) is 5.56 Å². The van der Waals surface area contributed by atoms with E-state index in [4.69, 9.17) is 21.1 Å². The van der Waals surface area contributed by atoms with Crippen LogP contribution in [-0.4, -0.2) is 14.2 Å². The lowest BCUT2D eigenvalue weighted by molar-refractivity contribution is 0.395. The van der Waals surface area contributed by atoms with Crippen LogP contribution >= 0.6 is 11.6 Å². The van der Waals surface area contributed by atoms with E-state index in [1.54, 1.807) is 14.2 Å². The van der Waals surface area contributed by atoms with Crippen LogP contribution in [0.15, 0.2) is 18.2 Å². The highest BCUT2D eigenvalue weighted by Crippen LogP contribution is 2.60. The van der Waals surface area contributed by atoms with Crippen LogP contribution in [0.1, 0.15) is 31.2 Å². The van der Waals surface area contributed by atoms with E-state index in [0.717, 1.165) is 17.1 Å². The van der Waals surface area contributed by atoms with Crippen molar-refractivity contribution in [3.63, 3.8) is 0 Å². The average Bonchev–Trinajstić information content (AvgIpc) is 2.96. The number of alkyl halides is 1. The van der Waals surface area contributed by atoms with Crippen molar-refractivity contribution in [2.75, 3.05) is 14.2 Å². The fourth-order valence-electron chi connectivity index (χ4n) is 2.28. The second-order valence-corrected chi connectivity index (χ2v) is 5.78. The molecule has 3 heteroatoms. The van der Waals surface area contributed by atoms with Crippen molar-refractivity contribution in [3.05, 3.63) is 23.8 Å². The molecule has 0 spiro atoms. The summed E-state index contributed by atoms with van der Waals surface area (Å²) in [4.78, 5) is 0. The first kappa shape index (κ1) is 12.6. The fraction of sp³-hybridized carbons (Fsp3) is 0.571. The van der Waals surface area contributed by atoms with Crippen LogP contribution in [0.25, 0.3) is 0 Å². The molecule has 2 rings (SSSR count). The van der Waals surface area contributed by atoms with Gasteiger partial charge in [0.05, 0.1) is 19.6 Å². The number of ether oxygens (including phenoxy) is 2. The molecule has 0 saturated heterocycles. The van der Waals surface area contributed by atoms with E-state index in [1.807, 2.05) is 18.2 Å². The average molecular weight is 255 g/mol. The minimum Gasteiger partial charge on any atom is -0.497 e. The van der Waals surface area contributed by atoms with Gasteiger partial charge in [0.2, 0.25) is 0 Å². The van der Waals surface area contributed by atoms with E-state index in [1.165, 1.54) is 6.42 Å². The van der Waals surface area contributed by atoms with Gasteiger partial charge in [0.1, 0.15) is 11.5 Å². The molecule has 1 fully saturated rings. The smallest absolute Gasteiger partial charge is 0.123 e. The predicted octanol–water partition coefficient (Wildman–Crippen LogP) is 4.03. The maximum absolute atomic E-state index is 6.57. The Morgan fingerprint density at radius 1 is 1.29 bits per heavy atom. The van der Waals surface area contributed by atoms with Crippen molar-refractivity contribution in [1.82, 2.24) is 0 Å². The number of hydrogen-bond donors (Lipinski definition) is 0. The van der Waals surface area contributed by atoms with Crippen molar-refractivity contribution in [3.8, 4) is 11.5 Å². The Labute approximate surface area is 108 Å². The number of methoxy groups -OCH3 is 2. The van der Waals surface area contributed by atoms with E-state index in [-0.39, 0.29) is 5.38 Å². The second-order valence-electron chi connectivity index (χ2n) is 5.31. The predicted molar refractivity (Wildman–Crippen MR) is 70.0 cm³/mol. The minimum absolute atomic E-state index is 0.00458. The van der Waals surface area contributed by atoms with Gasteiger partial charge < -0.3 is 9.47 Å². The zero-order valence-electron chi connectivity index (χ0n) is 10.8. The van der Waals surface area contributed by atoms with E-state index in [9.17, 15) is 0 Å². The molecule has 1 saturated carbocycles. The zero-order valence-corrected chi connectivity index (χ0v) is 11.5. The molecule has 2 nitrogen and oxygen atoms in total. The molecular formula is C14H19ClO2. The first-order valence-corrected chi connectivity index (χ1v) is 6.29. The van der Waals surface area contributed by atoms with Gasteiger partial charge in [-0.1, -0.05) is 13.8 Å². The second kappa shape index (κ2) is 4.41. The number of halogens is 1. The molecule has 0 N–H and O–H groups in total. The summed E-state index contributed by atoms with van der Waals surface area (Å²) in [5.41, 5.74) is 1.38. The van der Waals surface area contributed by atoms with E-state index < -0.39 is 0 Å². The number of benzene rings is 1. The Morgan fingerprint density at radius 2 is 1.94 bits per heavy atom. The highest BCUT2D eigenvalue weighted by atomic mass is 35.5. The molecule has 0 aromatic heterocycles. The fourth-order valence-corrected chi connectivity index (χ4v) is 2.88. The van der Waals surface area contributed by atoms with E-state index >= 15 is 0 Å². The van der Waals surface area contributed by atoms with Gasteiger partial charge in [-0.2, -0.15) is 0 Å². The molecule has 0 amide bonds. The van der Waals surface area contributed by atoms with Gasteiger partial charge in [-0.25, -0.2) is 0 Å². The molecule has 2 atom stereocenters. The largest absolute Gasteiger partial charge is 0.497 e. The first-order valence-electron chi connectivity index (χ1n) is 5.85. The third kappa shape index (κ3) is 2.37. The van der Waals surface area contributed by atoms with Crippen molar-refractivity contribution in [2.45, 2.75) is 25.6 Å². The van der Waals surface area contributed by atoms with Crippen molar-refractivity contribution < 1.29 is 9.47 Å². The molecule has 1 aliphatic carbocycles. The SMILES string of the molecule is COc1ccc(OC)c(C(Cl)C2CC2(C)C)c1. The molecule has 17 heavy (non-hydrogen) atoms. The van der Waals surface area contributed by atoms with Crippen LogP contribution in [0.4, 0.5) is 0 Å². The molecule has 1 aromatic rings. The van der Waals surface area contributed by atoms with E-state index in [2.05, 4.69) is 13.8 Å². The molecule has 94 valence electrons. The third-order valence-corrected chi connectivity index (χ3v) is 4.22. The van der Waals surface area contributed by atoms with Gasteiger partial charge in [-0.05, 0) is 36.0 Å². The van der Waals surface area contributed by atoms with Gasteiger partial charge in [0.15, 0.2) is 0 Å². The lowest BCUT2D eigenvalue weighted by Crippen LogP contribution is -2.02. The summed E-state index contributed by atoms with van der Waals surface area (Å²) in [7, 11) is 3.34. The molecule has 0 bridgehead atoms. The third-order valence-electron chi connectivity index (χ3n) is 3.68. The Bertz CT molecular complexity index is 415. The molecule has 0 heterocycles. The topological polar surface area (TPSA) is 18.5 Å². The lowest BCUT2D eigenvalue weighted by Gasteiger charge is -2.16. The maximum atomic E-state index is 6.57. The Hall–Kier alpha value is -0.890. The van der Waals surface area contributed by atoms with Gasteiger partial charge in [-0.3, -0.25) is 0 Å². The number of hydrogen-bond acceptors (Lipinski definition) is 2. The summed E-state index contributed by atoms with van der Waals surface area (Å²) in [6.07, 6.45) is 1.17. The van der Waals surface area contributed by atoms with Crippen molar-refractivity contribution in [2.24, 2.45) is 11.3 Å². The molecule has 1 aromatic carbocycles. The van der Waals surface area contributed by atoms with Crippen LogP contribution in [-0.2, 0) is 0 Å². The summed E-state index contributed by atoms with van der Waals surface area (Å²) in [6.45, 7) is 4.50. The summed E-state index contributed by atoms with van der Waals surface area (Å²) in [6, 6.07) is 5.79. The molecule has 0 aliphatic heterocycles. The van der Waals surface area contributed by atoms with Crippen LogP contribution in [0, 0.1) is 11.3 Å². The van der Waals surface area contributed by atoms with E-state index in [0.29, 0.717) is 11.3 Å². The summed E-state index contributed by atoms with van der Waals surface area (Å²) in [5, 5.41) is -0.00458. The highest BCUT2D eigenvalue weighted by molar-refractivity contribution is 6.21. The first-order chi connectivity index (χ1) is 7.99. The Balaban J connectivity index is 2.29. The van der Waals surface area contributed by atoms with Crippen LogP contribution in [0.2, 0.25) is 0 Å². The van der Waals surface area contributed by atoms with Crippen molar-refractivity contribution in [1.29, 1.82) is 0 Å². The van der Waals surface area contributed by atoms with Crippen molar-refractivity contribution >= 4 is 11.6 Å². The maximum Gasteiger partial charge on any atom is 0.123 e. The normalized spacial score (nSPS) is 23.0. The van der Waals surface area contributed by atoms with Crippen LogP contribution < -0.4 is 9.47 Å². The Morgan fingerprint density at radius 3 is 2.41 bits per heavy atom. The molecule has 0 radical (unpaired) electrons. The lowest BCUT2D eigenvalue weighted by atomic mass is 10.0.